The van der Waals surface area contributed by atoms with Crippen LogP contribution in [0, 0.1) is 22.7 Å². The summed E-state index contributed by atoms with van der Waals surface area (Å²) in [6.45, 7) is 0. The highest BCUT2D eigenvalue weighted by Crippen LogP contribution is 2.44. The summed E-state index contributed by atoms with van der Waals surface area (Å²) in [4.78, 5) is 0. The summed E-state index contributed by atoms with van der Waals surface area (Å²) in [5.41, 5.74) is 6.22. The Morgan fingerprint density at radius 3 is 0.981 bits per heavy atom. The molecule has 0 N–H and O–H groups in total. The molecular formula is C48H26N4. The minimum Gasteiger partial charge on any atom is -0.309 e. The third-order valence-corrected chi connectivity index (χ3v) is 10.9. The van der Waals surface area contributed by atoms with E-state index in [0.29, 0.717) is 16.8 Å². The largest absolute Gasteiger partial charge is 0.309 e. The SMILES string of the molecule is N#Cc1cc(-n2c3ccc4ccccc4c3c3c4ccccc4ccc32)cc(C#N)c1-n1c2ccc3ccccc3c2c2c3ccccc3ccc21. The molecule has 2 heterocycles. The quantitative estimate of drug-likeness (QED) is 0.186. The van der Waals surface area contributed by atoms with Crippen molar-refractivity contribution in [3.8, 4) is 23.5 Å². The van der Waals surface area contributed by atoms with Gasteiger partial charge >= 0.3 is 0 Å². The van der Waals surface area contributed by atoms with Crippen LogP contribution < -0.4 is 0 Å². The average Bonchev–Trinajstić information content (AvgIpc) is 3.74. The fraction of sp³-hybridized carbons (Fsp3) is 0. The molecule has 9 aromatic carbocycles. The second-order valence-electron chi connectivity index (χ2n) is 13.5. The van der Waals surface area contributed by atoms with Crippen LogP contribution >= 0.6 is 0 Å². The fourth-order valence-corrected chi connectivity index (χ4v) is 8.77. The molecule has 0 fully saturated rings. The summed E-state index contributed by atoms with van der Waals surface area (Å²) in [5, 5.41) is 35.7. The van der Waals surface area contributed by atoms with E-state index in [1.807, 2.05) is 12.1 Å². The van der Waals surface area contributed by atoms with E-state index in [4.69, 9.17) is 0 Å². The van der Waals surface area contributed by atoms with Gasteiger partial charge in [0.25, 0.3) is 0 Å². The van der Waals surface area contributed by atoms with Crippen LogP contribution in [0.5, 0.6) is 0 Å². The van der Waals surface area contributed by atoms with E-state index >= 15 is 0 Å². The van der Waals surface area contributed by atoms with Crippen molar-refractivity contribution in [2.45, 2.75) is 0 Å². The number of aromatic nitrogens is 2. The highest BCUT2D eigenvalue weighted by Gasteiger charge is 2.24. The van der Waals surface area contributed by atoms with Crippen LogP contribution in [0.2, 0.25) is 0 Å². The summed E-state index contributed by atoms with van der Waals surface area (Å²) < 4.78 is 4.36. The maximum absolute atomic E-state index is 11.0. The molecule has 11 aromatic rings. The van der Waals surface area contributed by atoms with Crippen molar-refractivity contribution in [1.82, 2.24) is 9.13 Å². The molecule has 0 amide bonds. The van der Waals surface area contributed by atoms with E-state index in [2.05, 4.69) is 167 Å². The van der Waals surface area contributed by atoms with Gasteiger partial charge < -0.3 is 9.13 Å². The fourth-order valence-electron chi connectivity index (χ4n) is 8.77. The Morgan fingerprint density at radius 2 is 0.654 bits per heavy atom. The van der Waals surface area contributed by atoms with E-state index in [-0.39, 0.29) is 0 Å². The van der Waals surface area contributed by atoms with Gasteiger partial charge in [-0.15, -0.1) is 0 Å². The first-order valence-corrected chi connectivity index (χ1v) is 17.4. The number of nitrogens with zero attached hydrogens (tertiary/aromatic N) is 4. The van der Waals surface area contributed by atoms with Crippen LogP contribution in [0.15, 0.2) is 158 Å². The molecule has 0 aliphatic heterocycles. The van der Waals surface area contributed by atoms with Gasteiger partial charge in [0.2, 0.25) is 0 Å². The summed E-state index contributed by atoms with van der Waals surface area (Å²) in [6, 6.07) is 60.0. The minimum atomic E-state index is 0.436. The highest BCUT2D eigenvalue weighted by molar-refractivity contribution is 6.30. The van der Waals surface area contributed by atoms with Crippen molar-refractivity contribution >= 4 is 86.7 Å². The predicted molar refractivity (Wildman–Crippen MR) is 215 cm³/mol. The van der Waals surface area contributed by atoms with Gasteiger partial charge in [0.05, 0.1) is 38.9 Å². The Hall–Kier alpha value is -7.40. The van der Waals surface area contributed by atoms with E-state index < -0.39 is 0 Å². The first kappa shape index (κ1) is 28.4. The van der Waals surface area contributed by atoms with Crippen LogP contribution in [0.1, 0.15) is 11.1 Å². The summed E-state index contributed by atoms with van der Waals surface area (Å²) in [7, 11) is 0. The molecule has 0 atom stereocenters. The molecule has 0 aliphatic carbocycles. The van der Waals surface area contributed by atoms with E-state index in [9.17, 15) is 10.5 Å². The minimum absolute atomic E-state index is 0.436. The monoisotopic (exact) mass is 658 g/mol. The molecule has 11 rings (SSSR count). The molecule has 4 nitrogen and oxygen atoms in total. The topological polar surface area (TPSA) is 57.4 Å². The number of fused-ring (bicyclic) bond motifs is 14. The third-order valence-electron chi connectivity index (χ3n) is 10.9. The Labute approximate surface area is 297 Å². The number of rotatable bonds is 2. The first-order valence-electron chi connectivity index (χ1n) is 17.4. The van der Waals surface area contributed by atoms with E-state index in [1.165, 1.54) is 21.5 Å². The van der Waals surface area contributed by atoms with Gasteiger partial charge in [-0.1, -0.05) is 121 Å². The standard InChI is InChI=1S/C48H26N4/c49-27-33-25-35(51-40-21-17-29-9-1-5-13-36(29)44(40)45-37-14-6-2-10-30(37)18-22-41(45)51)26-34(28-50)48(33)52-42-23-19-31-11-3-7-15-38(31)46(42)47-39-16-8-4-12-32(39)20-24-43(47)52/h1-26H. The van der Waals surface area contributed by atoms with Crippen LogP contribution in [0.3, 0.4) is 0 Å². The first-order chi connectivity index (χ1) is 25.7. The Balaban J connectivity index is 1.28. The number of benzene rings is 9. The van der Waals surface area contributed by atoms with Crippen molar-refractivity contribution in [3.63, 3.8) is 0 Å². The lowest BCUT2D eigenvalue weighted by molar-refractivity contribution is 1.12. The van der Waals surface area contributed by atoms with Gasteiger partial charge in [-0.05, 0) is 79.5 Å². The number of hydrogen-bond acceptors (Lipinski definition) is 2. The van der Waals surface area contributed by atoms with Crippen molar-refractivity contribution in [2.75, 3.05) is 0 Å². The molecule has 238 valence electrons. The molecule has 0 radical (unpaired) electrons. The maximum atomic E-state index is 11.0. The van der Waals surface area contributed by atoms with E-state index in [1.54, 1.807) is 0 Å². The average molecular weight is 659 g/mol. The summed E-state index contributed by atoms with van der Waals surface area (Å²) >= 11 is 0. The van der Waals surface area contributed by atoms with Gasteiger partial charge in [-0.3, -0.25) is 0 Å². The normalized spacial score (nSPS) is 11.8. The van der Waals surface area contributed by atoms with Gasteiger partial charge in [-0.2, -0.15) is 10.5 Å². The molecule has 0 aliphatic rings. The lowest BCUT2D eigenvalue weighted by atomic mass is 10.00. The smallest absolute Gasteiger partial charge is 0.101 e. The van der Waals surface area contributed by atoms with Gasteiger partial charge in [-0.25, -0.2) is 0 Å². The van der Waals surface area contributed by atoms with Gasteiger partial charge in [0.15, 0.2) is 0 Å². The predicted octanol–water partition coefficient (Wildman–Crippen LogP) is 12.2. The van der Waals surface area contributed by atoms with Crippen molar-refractivity contribution in [1.29, 1.82) is 10.5 Å². The van der Waals surface area contributed by atoms with Crippen molar-refractivity contribution < 1.29 is 0 Å². The molecule has 0 bridgehead atoms. The zero-order valence-electron chi connectivity index (χ0n) is 27.8. The molecule has 0 saturated heterocycles. The highest BCUT2D eigenvalue weighted by atomic mass is 15.0. The van der Waals surface area contributed by atoms with Crippen LogP contribution in [-0.2, 0) is 0 Å². The van der Waals surface area contributed by atoms with Crippen LogP contribution in [0.4, 0.5) is 0 Å². The Bertz CT molecular complexity index is 3220. The summed E-state index contributed by atoms with van der Waals surface area (Å²) in [5.74, 6) is 0. The second kappa shape index (κ2) is 10.6. The number of nitriles is 2. The van der Waals surface area contributed by atoms with Crippen molar-refractivity contribution in [3.05, 3.63) is 169 Å². The third kappa shape index (κ3) is 3.73. The lowest BCUT2D eigenvalue weighted by Crippen LogP contribution is -2.04. The second-order valence-corrected chi connectivity index (χ2v) is 13.5. The maximum Gasteiger partial charge on any atom is 0.101 e. The van der Waals surface area contributed by atoms with Gasteiger partial charge in [0.1, 0.15) is 12.1 Å². The van der Waals surface area contributed by atoms with Crippen LogP contribution in [0.25, 0.3) is 98.1 Å². The molecule has 4 heteroatoms. The molecular weight excluding hydrogens is 633 g/mol. The van der Waals surface area contributed by atoms with Crippen molar-refractivity contribution in [2.24, 2.45) is 0 Å². The molecule has 52 heavy (non-hydrogen) atoms. The van der Waals surface area contributed by atoms with Crippen LogP contribution in [-0.4, -0.2) is 9.13 Å². The summed E-state index contributed by atoms with van der Waals surface area (Å²) in [6.07, 6.45) is 0. The lowest BCUT2D eigenvalue weighted by Gasteiger charge is -2.16. The molecule has 0 saturated carbocycles. The number of hydrogen-bond donors (Lipinski definition) is 0. The van der Waals surface area contributed by atoms with E-state index in [0.717, 1.165) is 70.8 Å². The zero-order chi connectivity index (χ0) is 34.5. The van der Waals surface area contributed by atoms with Gasteiger partial charge in [0, 0.05) is 27.2 Å². The zero-order valence-corrected chi connectivity index (χ0v) is 27.8. The molecule has 0 spiro atoms. The molecule has 0 unspecified atom stereocenters. The molecule has 2 aromatic heterocycles. The Kier molecular flexibility index (Phi) is 5.77. The Morgan fingerprint density at radius 1 is 0.346 bits per heavy atom.